The number of allylic oxidation sites excluding steroid dienone is 2. The summed E-state index contributed by atoms with van der Waals surface area (Å²) in [5, 5.41) is 0. The van der Waals surface area contributed by atoms with E-state index in [1.807, 2.05) is 12.1 Å². The number of ketones is 2. The van der Waals surface area contributed by atoms with E-state index in [0.29, 0.717) is 24.2 Å². The average molecular weight is 494 g/mol. The van der Waals surface area contributed by atoms with Gasteiger partial charge in [-0.3, -0.25) is 9.59 Å². The fourth-order valence-corrected chi connectivity index (χ4v) is 3.98. The van der Waals surface area contributed by atoms with Crippen LogP contribution in [0.1, 0.15) is 64.7 Å². The SMILES string of the molecule is COC1=C(OC)C(=O)C(CCCCCCCCCCOc2cccnc2Br)=C(C)C1=O. The van der Waals surface area contributed by atoms with Gasteiger partial charge in [0.2, 0.25) is 23.1 Å². The Labute approximate surface area is 193 Å². The molecule has 170 valence electrons. The molecule has 2 rings (SSSR count). The summed E-state index contributed by atoms with van der Waals surface area (Å²) in [6.45, 7) is 2.39. The number of nitrogens with zero attached hydrogens (tertiary/aromatic N) is 1. The molecular weight excluding hydrogens is 462 g/mol. The summed E-state index contributed by atoms with van der Waals surface area (Å²) in [6.07, 6.45) is 11.1. The molecule has 0 aromatic carbocycles. The Balaban J connectivity index is 1.56. The van der Waals surface area contributed by atoms with E-state index in [1.165, 1.54) is 33.5 Å². The zero-order chi connectivity index (χ0) is 22.6. The maximum atomic E-state index is 12.6. The largest absolute Gasteiger partial charge is 0.491 e. The maximum Gasteiger partial charge on any atom is 0.228 e. The molecule has 1 aliphatic rings. The van der Waals surface area contributed by atoms with Gasteiger partial charge in [0.25, 0.3) is 0 Å². The zero-order valence-electron chi connectivity index (χ0n) is 18.7. The first-order chi connectivity index (χ1) is 15.0. The van der Waals surface area contributed by atoms with Gasteiger partial charge in [-0.1, -0.05) is 38.5 Å². The molecule has 0 aliphatic heterocycles. The molecule has 0 atom stereocenters. The molecule has 0 bridgehead atoms. The quantitative estimate of drug-likeness (QED) is 0.188. The Morgan fingerprint density at radius 1 is 0.871 bits per heavy atom. The third-order valence-electron chi connectivity index (χ3n) is 5.40. The van der Waals surface area contributed by atoms with Crippen molar-refractivity contribution < 1.29 is 23.8 Å². The van der Waals surface area contributed by atoms with Crippen LogP contribution in [0.3, 0.4) is 0 Å². The molecule has 0 radical (unpaired) electrons. The van der Waals surface area contributed by atoms with Gasteiger partial charge in [-0.05, 0) is 54.2 Å². The summed E-state index contributed by atoms with van der Waals surface area (Å²) < 4.78 is 16.7. The second kappa shape index (κ2) is 13.3. The lowest BCUT2D eigenvalue weighted by atomic mass is 9.89. The minimum Gasteiger partial charge on any atom is -0.491 e. The summed E-state index contributed by atoms with van der Waals surface area (Å²) in [5.74, 6) is 0.337. The average Bonchev–Trinajstić information content (AvgIpc) is 2.77. The van der Waals surface area contributed by atoms with Crippen molar-refractivity contribution in [1.82, 2.24) is 4.98 Å². The topological polar surface area (TPSA) is 74.7 Å². The molecule has 1 aliphatic carbocycles. The number of carbonyl (C=O) groups excluding carboxylic acids is 2. The van der Waals surface area contributed by atoms with E-state index in [-0.39, 0.29) is 23.1 Å². The van der Waals surface area contributed by atoms with E-state index >= 15 is 0 Å². The first-order valence-corrected chi connectivity index (χ1v) is 11.6. The monoisotopic (exact) mass is 493 g/mol. The van der Waals surface area contributed by atoms with Crippen LogP contribution in [0.4, 0.5) is 0 Å². The highest BCUT2D eigenvalue weighted by molar-refractivity contribution is 9.10. The molecule has 1 aromatic rings. The number of aromatic nitrogens is 1. The molecule has 0 spiro atoms. The van der Waals surface area contributed by atoms with Gasteiger partial charge in [-0.2, -0.15) is 0 Å². The minimum absolute atomic E-state index is 0.00668. The van der Waals surface area contributed by atoms with Gasteiger partial charge in [-0.25, -0.2) is 4.98 Å². The van der Waals surface area contributed by atoms with Crippen molar-refractivity contribution in [2.75, 3.05) is 20.8 Å². The summed E-state index contributed by atoms with van der Waals surface area (Å²) in [6, 6.07) is 3.78. The Hall–Kier alpha value is -2.15. The molecule has 0 fully saturated rings. The Morgan fingerprint density at radius 3 is 2.06 bits per heavy atom. The third kappa shape index (κ3) is 7.20. The van der Waals surface area contributed by atoms with Crippen LogP contribution in [0, 0.1) is 0 Å². The highest BCUT2D eigenvalue weighted by Crippen LogP contribution is 2.29. The summed E-state index contributed by atoms with van der Waals surface area (Å²) in [7, 11) is 2.77. The highest BCUT2D eigenvalue weighted by atomic mass is 79.9. The molecule has 0 saturated heterocycles. The minimum atomic E-state index is -0.256. The first-order valence-electron chi connectivity index (χ1n) is 10.9. The molecular formula is C24H32BrNO5. The summed E-state index contributed by atoms with van der Waals surface area (Å²) in [4.78, 5) is 29.1. The van der Waals surface area contributed by atoms with E-state index in [0.717, 1.165) is 42.5 Å². The number of pyridine rings is 1. The smallest absolute Gasteiger partial charge is 0.228 e. The van der Waals surface area contributed by atoms with Crippen molar-refractivity contribution >= 4 is 27.5 Å². The number of hydrogen-bond acceptors (Lipinski definition) is 6. The fourth-order valence-electron chi connectivity index (χ4n) is 3.62. The lowest BCUT2D eigenvalue weighted by molar-refractivity contribution is -0.121. The number of ether oxygens (including phenoxy) is 3. The number of halogens is 1. The Kier molecular flexibility index (Phi) is 10.8. The van der Waals surface area contributed by atoms with Crippen molar-refractivity contribution in [3.63, 3.8) is 0 Å². The van der Waals surface area contributed by atoms with Crippen LogP contribution in [0.25, 0.3) is 0 Å². The van der Waals surface area contributed by atoms with Crippen molar-refractivity contribution in [3.8, 4) is 5.75 Å². The summed E-state index contributed by atoms with van der Waals surface area (Å²) >= 11 is 3.38. The van der Waals surface area contributed by atoms with Gasteiger partial charge in [0.15, 0.2) is 5.75 Å². The number of carbonyl (C=O) groups is 2. The number of unbranched alkanes of at least 4 members (excludes halogenated alkanes) is 7. The molecule has 0 amide bonds. The van der Waals surface area contributed by atoms with Crippen LogP contribution in [-0.4, -0.2) is 37.4 Å². The van der Waals surface area contributed by atoms with Crippen LogP contribution >= 0.6 is 15.9 Å². The number of rotatable bonds is 14. The zero-order valence-corrected chi connectivity index (χ0v) is 20.3. The van der Waals surface area contributed by atoms with E-state index in [9.17, 15) is 9.59 Å². The van der Waals surface area contributed by atoms with Crippen molar-refractivity contribution in [2.45, 2.75) is 64.7 Å². The highest BCUT2D eigenvalue weighted by Gasteiger charge is 2.34. The number of methoxy groups -OCH3 is 2. The van der Waals surface area contributed by atoms with Crippen LogP contribution in [0.15, 0.2) is 45.6 Å². The van der Waals surface area contributed by atoms with E-state index in [4.69, 9.17) is 14.2 Å². The summed E-state index contributed by atoms with van der Waals surface area (Å²) in [5.41, 5.74) is 1.03. The molecule has 6 nitrogen and oxygen atoms in total. The number of hydrogen-bond donors (Lipinski definition) is 0. The van der Waals surface area contributed by atoms with Gasteiger partial charge >= 0.3 is 0 Å². The van der Waals surface area contributed by atoms with Crippen molar-refractivity contribution in [2.24, 2.45) is 0 Å². The Morgan fingerprint density at radius 2 is 1.45 bits per heavy atom. The first kappa shape index (κ1) is 25.1. The number of Topliss-reactive ketones (excluding diaryl/α,β-unsaturated/α-hetero) is 2. The molecule has 0 unspecified atom stereocenters. The molecule has 1 aromatic heterocycles. The molecule has 1 heterocycles. The van der Waals surface area contributed by atoms with Crippen LogP contribution in [0.2, 0.25) is 0 Å². The standard InChI is InChI=1S/C24H32BrNO5/c1-17-18(21(28)23(30-3)22(29-2)20(17)27)13-10-8-6-4-5-7-9-11-16-31-19-14-12-15-26-24(19)25/h12,14-15H,4-11,13,16H2,1-3H3. The van der Waals surface area contributed by atoms with Gasteiger partial charge in [-0.15, -0.1) is 0 Å². The molecule has 0 N–H and O–H groups in total. The molecule has 7 heteroatoms. The molecule has 0 saturated carbocycles. The van der Waals surface area contributed by atoms with Gasteiger partial charge < -0.3 is 14.2 Å². The van der Waals surface area contributed by atoms with E-state index in [1.54, 1.807) is 13.1 Å². The van der Waals surface area contributed by atoms with Crippen LogP contribution in [-0.2, 0) is 19.1 Å². The van der Waals surface area contributed by atoms with E-state index < -0.39 is 0 Å². The maximum absolute atomic E-state index is 12.6. The molecule has 31 heavy (non-hydrogen) atoms. The fraction of sp³-hybridized carbons (Fsp3) is 0.542. The van der Waals surface area contributed by atoms with Gasteiger partial charge in [0, 0.05) is 17.3 Å². The van der Waals surface area contributed by atoms with Crippen LogP contribution < -0.4 is 4.74 Å². The second-order valence-electron chi connectivity index (χ2n) is 7.55. The van der Waals surface area contributed by atoms with Crippen LogP contribution in [0.5, 0.6) is 5.75 Å². The second-order valence-corrected chi connectivity index (χ2v) is 8.30. The Bertz CT molecular complexity index is 831. The van der Waals surface area contributed by atoms with Crippen molar-refractivity contribution in [1.29, 1.82) is 0 Å². The van der Waals surface area contributed by atoms with Crippen molar-refractivity contribution in [3.05, 3.63) is 45.6 Å². The predicted molar refractivity (Wildman–Crippen MR) is 123 cm³/mol. The lowest BCUT2D eigenvalue weighted by Crippen LogP contribution is -2.25. The van der Waals surface area contributed by atoms with E-state index in [2.05, 4.69) is 20.9 Å². The lowest BCUT2D eigenvalue weighted by Gasteiger charge is -2.20. The predicted octanol–water partition coefficient (Wildman–Crippen LogP) is 5.71. The van der Waals surface area contributed by atoms with Gasteiger partial charge in [0.05, 0.1) is 20.8 Å². The third-order valence-corrected chi connectivity index (χ3v) is 5.99. The normalized spacial score (nSPS) is 14.3. The van der Waals surface area contributed by atoms with Gasteiger partial charge in [0.1, 0.15) is 4.60 Å².